The third kappa shape index (κ3) is 4.81. The van der Waals surface area contributed by atoms with E-state index in [4.69, 9.17) is 0 Å². The first-order valence-electron chi connectivity index (χ1n) is 9.78. The zero-order valence-electron chi connectivity index (χ0n) is 16.2. The Labute approximate surface area is 178 Å². The fraction of sp³-hybridized carbons (Fsp3) is 0.273. The van der Waals surface area contributed by atoms with Crippen molar-refractivity contribution >= 4 is 29.0 Å². The number of hydrogen-bond donors (Lipinski definition) is 1. The molecule has 1 fully saturated rings. The number of rotatable bonds is 6. The molecular formula is C22H22F2N4OS. The maximum Gasteiger partial charge on any atom is 0.288 e. The van der Waals surface area contributed by atoms with Gasteiger partial charge in [-0.05, 0) is 49.2 Å². The lowest BCUT2D eigenvalue weighted by Crippen LogP contribution is -2.39. The van der Waals surface area contributed by atoms with Crippen molar-refractivity contribution < 1.29 is 13.6 Å². The number of carbonyl (C=O) groups is 1. The molecule has 1 N–H and O–H groups in total. The number of anilines is 2. The van der Waals surface area contributed by atoms with Gasteiger partial charge in [-0.2, -0.15) is 8.78 Å². The number of carbonyl (C=O) groups excluding carboxylic acids is 1. The minimum atomic E-state index is -2.44. The molecule has 0 atom stereocenters. The molecular weight excluding hydrogens is 406 g/mol. The average molecular weight is 429 g/mol. The van der Waals surface area contributed by atoms with Crippen LogP contribution in [0.3, 0.4) is 0 Å². The van der Waals surface area contributed by atoms with Gasteiger partial charge in [0.05, 0.1) is 17.6 Å². The molecule has 1 aliphatic heterocycles. The van der Waals surface area contributed by atoms with E-state index in [-0.39, 0.29) is 5.91 Å². The second kappa shape index (κ2) is 9.30. The molecule has 0 saturated carbocycles. The molecule has 2 heterocycles. The summed E-state index contributed by atoms with van der Waals surface area (Å²) in [5.41, 5.74) is 2.05. The van der Waals surface area contributed by atoms with Gasteiger partial charge in [0.25, 0.3) is 11.7 Å². The van der Waals surface area contributed by atoms with Crippen LogP contribution in [-0.4, -0.2) is 39.2 Å². The predicted octanol–water partition coefficient (Wildman–Crippen LogP) is 5.42. The van der Waals surface area contributed by atoms with Gasteiger partial charge in [0, 0.05) is 42.1 Å². The minimum Gasteiger partial charge on any atom is -0.355 e. The smallest absolute Gasteiger partial charge is 0.288 e. The first-order chi connectivity index (χ1) is 14.6. The van der Waals surface area contributed by atoms with E-state index in [1.54, 1.807) is 30.5 Å². The van der Waals surface area contributed by atoms with Gasteiger partial charge in [-0.3, -0.25) is 4.79 Å². The van der Waals surface area contributed by atoms with Crippen LogP contribution in [0.1, 0.15) is 29.2 Å². The summed E-state index contributed by atoms with van der Waals surface area (Å²) in [6.07, 6.45) is 7.35. The lowest BCUT2D eigenvalue weighted by atomic mass is 10.0. The number of imidazole rings is 1. The quantitative estimate of drug-likeness (QED) is 0.533. The molecule has 3 aromatic rings. The number of likely N-dealkylation sites (tertiary alicyclic amines) is 1. The van der Waals surface area contributed by atoms with Crippen LogP contribution >= 0.6 is 11.8 Å². The molecule has 156 valence electrons. The highest BCUT2D eigenvalue weighted by molar-refractivity contribution is 7.99. The second-order valence-electron chi connectivity index (χ2n) is 7.11. The Morgan fingerprint density at radius 3 is 2.50 bits per heavy atom. The van der Waals surface area contributed by atoms with Crippen molar-refractivity contribution in [1.82, 2.24) is 14.5 Å². The average Bonchev–Trinajstić information content (AvgIpc) is 3.30. The van der Waals surface area contributed by atoms with Crippen molar-refractivity contribution in [3.05, 3.63) is 72.8 Å². The molecule has 0 radical (unpaired) electrons. The maximum atomic E-state index is 13.2. The zero-order valence-corrected chi connectivity index (χ0v) is 17.1. The minimum absolute atomic E-state index is 0.00735. The van der Waals surface area contributed by atoms with E-state index in [0.29, 0.717) is 47.0 Å². The zero-order chi connectivity index (χ0) is 20.9. The van der Waals surface area contributed by atoms with E-state index < -0.39 is 5.76 Å². The molecule has 1 saturated heterocycles. The molecule has 8 heteroatoms. The lowest BCUT2D eigenvalue weighted by molar-refractivity contribution is 0.0695. The summed E-state index contributed by atoms with van der Waals surface area (Å²) in [5.74, 6) is -2.45. The summed E-state index contributed by atoms with van der Waals surface area (Å²) in [6, 6.07) is 14.5. The number of nitrogens with zero attached hydrogens (tertiary/aromatic N) is 3. The number of aromatic nitrogens is 2. The number of halogens is 2. The second-order valence-corrected chi connectivity index (χ2v) is 8.17. The molecule has 5 nitrogen and oxygen atoms in total. The van der Waals surface area contributed by atoms with E-state index in [1.165, 1.54) is 0 Å². The van der Waals surface area contributed by atoms with Crippen LogP contribution in [0, 0.1) is 0 Å². The molecule has 0 spiro atoms. The molecule has 1 aliphatic rings. The van der Waals surface area contributed by atoms with Crippen molar-refractivity contribution in [2.24, 2.45) is 0 Å². The van der Waals surface area contributed by atoms with Gasteiger partial charge in [-0.25, -0.2) is 4.98 Å². The molecule has 2 aromatic carbocycles. The highest BCUT2D eigenvalue weighted by atomic mass is 32.2. The fourth-order valence-corrected chi connectivity index (χ4v) is 4.18. The number of alkyl halides is 2. The van der Waals surface area contributed by atoms with Crippen molar-refractivity contribution in [1.29, 1.82) is 0 Å². The summed E-state index contributed by atoms with van der Waals surface area (Å²) in [4.78, 5) is 19.7. The predicted molar refractivity (Wildman–Crippen MR) is 114 cm³/mol. The third-order valence-electron chi connectivity index (χ3n) is 5.21. The van der Waals surface area contributed by atoms with Crippen LogP contribution in [0.4, 0.5) is 20.2 Å². The van der Waals surface area contributed by atoms with E-state index in [0.717, 1.165) is 18.5 Å². The fourth-order valence-electron chi connectivity index (χ4n) is 3.68. The summed E-state index contributed by atoms with van der Waals surface area (Å²) >= 11 is 0.512. The Bertz CT molecular complexity index is 971. The number of thioether (sulfide) groups is 1. The largest absolute Gasteiger partial charge is 0.355 e. The van der Waals surface area contributed by atoms with Gasteiger partial charge in [0.15, 0.2) is 0 Å². The SMILES string of the molecule is O=C(c1ccccc1Nc1ccc(SC(F)F)cc1)N1CCC(n2ccnc2)CC1. The lowest BCUT2D eigenvalue weighted by Gasteiger charge is -2.33. The number of nitrogens with one attached hydrogen (secondary N) is 1. The van der Waals surface area contributed by atoms with Crippen molar-refractivity contribution in [3.8, 4) is 0 Å². The number of hydrogen-bond acceptors (Lipinski definition) is 4. The van der Waals surface area contributed by atoms with E-state index >= 15 is 0 Å². The van der Waals surface area contributed by atoms with E-state index in [1.807, 2.05) is 41.7 Å². The maximum absolute atomic E-state index is 13.2. The monoisotopic (exact) mass is 428 g/mol. The number of amides is 1. The molecule has 0 unspecified atom stereocenters. The number of para-hydroxylation sites is 1. The van der Waals surface area contributed by atoms with Gasteiger partial charge in [-0.15, -0.1) is 0 Å². The Hall–Kier alpha value is -2.87. The van der Waals surface area contributed by atoms with Gasteiger partial charge in [0.2, 0.25) is 0 Å². The summed E-state index contributed by atoms with van der Waals surface area (Å²) in [6.45, 7) is 1.38. The summed E-state index contributed by atoms with van der Waals surface area (Å²) < 4.78 is 27.1. The number of benzene rings is 2. The molecule has 30 heavy (non-hydrogen) atoms. The van der Waals surface area contributed by atoms with Crippen LogP contribution in [0.25, 0.3) is 0 Å². The Morgan fingerprint density at radius 1 is 1.10 bits per heavy atom. The molecule has 0 aliphatic carbocycles. The van der Waals surface area contributed by atoms with Gasteiger partial charge >= 0.3 is 0 Å². The van der Waals surface area contributed by atoms with Crippen LogP contribution in [0.5, 0.6) is 0 Å². The third-order valence-corrected chi connectivity index (χ3v) is 5.94. The van der Waals surface area contributed by atoms with Crippen LogP contribution in [-0.2, 0) is 0 Å². The normalized spacial score (nSPS) is 14.8. The topological polar surface area (TPSA) is 50.2 Å². The van der Waals surface area contributed by atoms with Crippen LogP contribution < -0.4 is 5.32 Å². The molecule has 4 rings (SSSR count). The van der Waals surface area contributed by atoms with Gasteiger partial charge in [-0.1, -0.05) is 23.9 Å². The van der Waals surface area contributed by atoms with Crippen LogP contribution in [0.2, 0.25) is 0 Å². The van der Waals surface area contributed by atoms with Crippen molar-refractivity contribution in [3.63, 3.8) is 0 Å². The van der Waals surface area contributed by atoms with E-state index in [9.17, 15) is 13.6 Å². The highest BCUT2D eigenvalue weighted by Gasteiger charge is 2.25. The van der Waals surface area contributed by atoms with Crippen molar-refractivity contribution in [2.75, 3.05) is 18.4 Å². The standard InChI is InChI=1S/C22H22F2N4OS/c23-22(24)30-18-7-5-16(6-8-18)26-20-4-2-1-3-19(20)21(29)27-12-9-17(10-13-27)28-14-11-25-15-28/h1-8,11,14-15,17,22,26H,9-10,12-13H2. The number of piperidine rings is 1. The van der Waals surface area contributed by atoms with Gasteiger partial charge < -0.3 is 14.8 Å². The Kier molecular flexibility index (Phi) is 6.32. The molecule has 1 aromatic heterocycles. The van der Waals surface area contributed by atoms with Gasteiger partial charge in [0.1, 0.15) is 0 Å². The molecule has 1 amide bonds. The highest BCUT2D eigenvalue weighted by Crippen LogP contribution is 2.29. The summed E-state index contributed by atoms with van der Waals surface area (Å²) in [5, 5.41) is 3.25. The molecule has 0 bridgehead atoms. The van der Waals surface area contributed by atoms with E-state index in [2.05, 4.69) is 14.9 Å². The Balaban J connectivity index is 1.43. The first kappa shape index (κ1) is 20.4. The van der Waals surface area contributed by atoms with Crippen molar-refractivity contribution in [2.45, 2.75) is 29.5 Å². The van der Waals surface area contributed by atoms with Crippen LogP contribution in [0.15, 0.2) is 72.1 Å². The summed E-state index contributed by atoms with van der Waals surface area (Å²) in [7, 11) is 0. The Morgan fingerprint density at radius 2 is 1.83 bits per heavy atom. The first-order valence-corrected chi connectivity index (χ1v) is 10.7.